The Balaban J connectivity index is 2.05. The molecule has 0 spiro atoms. The molecule has 98 valence electrons. The summed E-state index contributed by atoms with van der Waals surface area (Å²) in [6, 6.07) is 7.44. The highest BCUT2D eigenvalue weighted by atomic mass is 35.5. The smallest absolute Gasteiger partial charge is 0.231 e. The second-order valence-electron chi connectivity index (χ2n) is 5.00. The molecule has 18 heavy (non-hydrogen) atoms. The fraction of sp³-hybridized carbons (Fsp3) is 0.462. The number of amides is 1. The summed E-state index contributed by atoms with van der Waals surface area (Å²) in [5, 5.41) is 0.662. The largest absolute Gasteiger partial charge is 0.341 e. The molecule has 1 unspecified atom stereocenters. The Labute approximate surface area is 122 Å². The Morgan fingerprint density at radius 2 is 2.06 bits per heavy atom. The van der Waals surface area contributed by atoms with E-state index in [1.54, 1.807) is 24.9 Å². The van der Waals surface area contributed by atoms with Crippen LogP contribution in [0.5, 0.6) is 0 Å². The van der Waals surface area contributed by atoms with Gasteiger partial charge in [0.25, 0.3) is 0 Å². The van der Waals surface area contributed by atoms with Gasteiger partial charge in [0.1, 0.15) is 4.33 Å². The minimum Gasteiger partial charge on any atom is -0.341 e. The number of halogens is 3. The third kappa shape index (κ3) is 2.47. The van der Waals surface area contributed by atoms with Gasteiger partial charge in [0, 0.05) is 18.6 Å². The second kappa shape index (κ2) is 4.59. The Kier molecular flexibility index (Phi) is 3.56. The van der Waals surface area contributed by atoms with Gasteiger partial charge in [0.2, 0.25) is 5.91 Å². The van der Waals surface area contributed by atoms with Gasteiger partial charge in [-0.15, -0.1) is 23.2 Å². The van der Waals surface area contributed by atoms with Gasteiger partial charge in [-0.3, -0.25) is 4.79 Å². The van der Waals surface area contributed by atoms with Crippen LogP contribution in [0.1, 0.15) is 18.9 Å². The van der Waals surface area contributed by atoms with Crippen molar-refractivity contribution in [2.24, 2.45) is 5.41 Å². The van der Waals surface area contributed by atoms with E-state index in [0.717, 1.165) is 5.56 Å². The van der Waals surface area contributed by atoms with Crippen molar-refractivity contribution >= 4 is 40.7 Å². The lowest BCUT2D eigenvalue weighted by Crippen LogP contribution is -2.34. The predicted molar refractivity (Wildman–Crippen MR) is 75.1 cm³/mol. The van der Waals surface area contributed by atoms with Gasteiger partial charge in [-0.25, -0.2) is 0 Å². The third-order valence-corrected chi connectivity index (χ3v) is 4.72. The van der Waals surface area contributed by atoms with Crippen molar-refractivity contribution in [1.29, 1.82) is 0 Å². The van der Waals surface area contributed by atoms with E-state index >= 15 is 0 Å². The minimum atomic E-state index is -0.924. The molecule has 0 heterocycles. The zero-order chi connectivity index (χ0) is 13.6. The van der Waals surface area contributed by atoms with Gasteiger partial charge in [0.05, 0.1) is 5.41 Å². The van der Waals surface area contributed by atoms with Gasteiger partial charge in [-0.1, -0.05) is 23.7 Å². The molecule has 0 N–H and O–H groups in total. The molecule has 0 aromatic heterocycles. The Bertz CT molecular complexity index is 489. The third-order valence-electron chi connectivity index (χ3n) is 3.39. The van der Waals surface area contributed by atoms with Crippen molar-refractivity contribution in [3.8, 4) is 0 Å². The van der Waals surface area contributed by atoms with E-state index in [-0.39, 0.29) is 5.91 Å². The van der Waals surface area contributed by atoms with Crippen LogP contribution in [-0.4, -0.2) is 22.2 Å². The Morgan fingerprint density at radius 1 is 1.44 bits per heavy atom. The molecular weight excluding hydrogens is 293 g/mol. The first-order chi connectivity index (χ1) is 8.26. The van der Waals surface area contributed by atoms with Crippen molar-refractivity contribution in [3.05, 3.63) is 34.9 Å². The molecule has 1 saturated carbocycles. The van der Waals surface area contributed by atoms with Crippen LogP contribution in [0, 0.1) is 5.41 Å². The normalized spacial score (nSPS) is 24.7. The van der Waals surface area contributed by atoms with E-state index in [9.17, 15) is 4.79 Å². The van der Waals surface area contributed by atoms with E-state index in [4.69, 9.17) is 34.8 Å². The van der Waals surface area contributed by atoms with Crippen LogP contribution in [0.2, 0.25) is 5.02 Å². The van der Waals surface area contributed by atoms with Crippen LogP contribution in [-0.2, 0) is 11.3 Å². The zero-order valence-electron chi connectivity index (χ0n) is 10.2. The summed E-state index contributed by atoms with van der Waals surface area (Å²) in [4.78, 5) is 13.9. The lowest BCUT2D eigenvalue weighted by Gasteiger charge is -2.22. The highest BCUT2D eigenvalue weighted by Gasteiger charge is 2.68. The van der Waals surface area contributed by atoms with Gasteiger partial charge < -0.3 is 4.90 Å². The second-order valence-corrected chi connectivity index (χ2v) is 6.92. The van der Waals surface area contributed by atoms with Crippen LogP contribution < -0.4 is 0 Å². The summed E-state index contributed by atoms with van der Waals surface area (Å²) >= 11 is 17.9. The number of carbonyl (C=O) groups is 1. The first kappa shape index (κ1) is 14.0. The molecule has 1 aromatic carbocycles. The van der Waals surface area contributed by atoms with Crippen molar-refractivity contribution < 1.29 is 4.79 Å². The molecular formula is C13H14Cl3NO. The summed E-state index contributed by atoms with van der Waals surface area (Å²) in [6.07, 6.45) is 0.502. The number of alkyl halides is 2. The molecule has 0 radical (unpaired) electrons. The molecule has 0 aliphatic heterocycles. The van der Waals surface area contributed by atoms with Gasteiger partial charge in [0.15, 0.2) is 0 Å². The fourth-order valence-electron chi connectivity index (χ4n) is 2.03. The molecule has 2 rings (SSSR count). The molecule has 1 amide bonds. The average Bonchev–Trinajstić information content (AvgIpc) is 2.78. The molecule has 2 nitrogen and oxygen atoms in total. The quantitative estimate of drug-likeness (QED) is 0.776. The molecule has 1 fully saturated rings. The van der Waals surface area contributed by atoms with Gasteiger partial charge >= 0.3 is 0 Å². The number of hydrogen-bond acceptors (Lipinski definition) is 1. The van der Waals surface area contributed by atoms with Crippen LogP contribution in [0.4, 0.5) is 0 Å². The number of carbonyl (C=O) groups excluding carboxylic acids is 1. The Morgan fingerprint density at radius 3 is 2.56 bits per heavy atom. The van der Waals surface area contributed by atoms with E-state index in [0.29, 0.717) is 18.0 Å². The SMILES string of the molecule is CN(Cc1cccc(Cl)c1)C(=O)C1(C)CC1(Cl)Cl. The van der Waals surface area contributed by atoms with Crippen LogP contribution in [0.3, 0.4) is 0 Å². The summed E-state index contributed by atoms with van der Waals surface area (Å²) in [6.45, 7) is 2.29. The maximum atomic E-state index is 12.3. The summed E-state index contributed by atoms with van der Waals surface area (Å²) in [5.74, 6) is -0.0347. The summed E-state index contributed by atoms with van der Waals surface area (Å²) in [5.41, 5.74) is 0.320. The molecule has 1 aliphatic rings. The summed E-state index contributed by atoms with van der Waals surface area (Å²) in [7, 11) is 1.75. The van der Waals surface area contributed by atoms with Crippen molar-refractivity contribution in [2.75, 3.05) is 7.05 Å². The highest BCUT2D eigenvalue weighted by molar-refractivity contribution is 6.53. The standard InChI is InChI=1S/C13H14Cl3NO/c1-12(8-13(12,15)16)11(18)17(2)7-9-4-3-5-10(14)6-9/h3-6H,7-8H2,1-2H3. The van der Waals surface area contributed by atoms with E-state index in [2.05, 4.69) is 0 Å². The first-order valence-electron chi connectivity index (χ1n) is 5.64. The van der Waals surface area contributed by atoms with Crippen LogP contribution in [0.25, 0.3) is 0 Å². The number of hydrogen-bond donors (Lipinski definition) is 0. The number of nitrogens with zero attached hydrogens (tertiary/aromatic N) is 1. The van der Waals surface area contributed by atoms with Gasteiger partial charge in [-0.05, 0) is 31.0 Å². The van der Waals surface area contributed by atoms with Crippen molar-refractivity contribution in [2.45, 2.75) is 24.2 Å². The highest BCUT2D eigenvalue weighted by Crippen LogP contribution is 2.64. The molecule has 1 aliphatic carbocycles. The fourth-order valence-corrected chi connectivity index (χ4v) is 2.94. The Hall–Kier alpha value is -0.440. The molecule has 1 atom stereocenters. The predicted octanol–water partition coefficient (Wildman–Crippen LogP) is 3.88. The van der Waals surface area contributed by atoms with Crippen molar-refractivity contribution in [3.63, 3.8) is 0 Å². The van der Waals surface area contributed by atoms with Crippen molar-refractivity contribution in [1.82, 2.24) is 4.90 Å². The lowest BCUT2D eigenvalue weighted by atomic mass is 10.1. The molecule has 0 bridgehead atoms. The number of rotatable bonds is 3. The van der Waals surface area contributed by atoms with Gasteiger partial charge in [-0.2, -0.15) is 0 Å². The molecule has 5 heteroatoms. The monoisotopic (exact) mass is 305 g/mol. The van der Waals surface area contributed by atoms with E-state index < -0.39 is 9.75 Å². The maximum Gasteiger partial charge on any atom is 0.231 e. The zero-order valence-corrected chi connectivity index (χ0v) is 12.5. The lowest BCUT2D eigenvalue weighted by molar-refractivity contribution is -0.135. The average molecular weight is 307 g/mol. The van der Waals surface area contributed by atoms with E-state index in [1.165, 1.54) is 0 Å². The van der Waals surface area contributed by atoms with Crippen LogP contribution in [0.15, 0.2) is 24.3 Å². The molecule has 1 aromatic rings. The number of benzene rings is 1. The van der Waals surface area contributed by atoms with E-state index in [1.807, 2.05) is 18.2 Å². The molecule has 0 saturated heterocycles. The summed E-state index contributed by atoms with van der Waals surface area (Å²) < 4.78 is -0.924. The maximum absolute atomic E-state index is 12.3. The first-order valence-corrected chi connectivity index (χ1v) is 6.77. The minimum absolute atomic E-state index is 0.0347. The van der Waals surface area contributed by atoms with Crippen LogP contribution >= 0.6 is 34.8 Å². The topological polar surface area (TPSA) is 20.3 Å².